The molecule has 10 nitrogen and oxygen atoms in total. The zero-order chi connectivity index (χ0) is 31.7. The maximum Gasteiger partial charge on any atom is 0.418 e. The molecule has 1 saturated heterocycles. The Bertz CT molecular complexity index is 1680. The molecule has 1 N–H and O–H groups in total. The number of fused-ring (bicyclic) bond motifs is 1. The highest BCUT2D eigenvalue weighted by molar-refractivity contribution is 7.91. The molecule has 0 unspecified atom stereocenters. The van der Waals surface area contributed by atoms with E-state index in [2.05, 4.69) is 31.9 Å². The SMILES string of the molecule is CN1CCN(CCCS(=O)(=O)c2ccc3nc(NC(=O)Oc4ccc(F)cc4)sc3c2)CC1.O=C(Cl)Oc1ccc(F)cc1. The summed E-state index contributed by atoms with van der Waals surface area (Å²) in [6.45, 7) is 4.69. The van der Waals surface area contributed by atoms with E-state index in [0.717, 1.165) is 44.1 Å². The number of hydrogen-bond acceptors (Lipinski definition) is 10. The van der Waals surface area contributed by atoms with Gasteiger partial charge in [0.1, 0.15) is 23.1 Å². The van der Waals surface area contributed by atoms with Gasteiger partial charge in [-0.15, -0.1) is 0 Å². The first-order valence-electron chi connectivity index (χ1n) is 13.4. The number of nitrogens with zero attached hydrogens (tertiary/aromatic N) is 3. The Morgan fingerprint density at radius 3 is 2.11 bits per heavy atom. The van der Waals surface area contributed by atoms with E-state index in [9.17, 15) is 26.8 Å². The van der Waals surface area contributed by atoms with Crippen molar-refractivity contribution >= 4 is 59.6 Å². The van der Waals surface area contributed by atoms with Crippen molar-refractivity contribution in [2.24, 2.45) is 0 Å². The predicted octanol–water partition coefficient (Wildman–Crippen LogP) is 6.02. The first-order valence-corrected chi connectivity index (χ1v) is 16.2. The fraction of sp³-hybridized carbons (Fsp3) is 0.276. The molecule has 4 aromatic rings. The summed E-state index contributed by atoms with van der Waals surface area (Å²) >= 11 is 6.05. The van der Waals surface area contributed by atoms with E-state index < -0.39 is 27.2 Å². The number of carbonyl (C=O) groups is 2. The number of benzene rings is 3. The fourth-order valence-corrected chi connectivity index (χ4v) is 6.51. The van der Waals surface area contributed by atoms with Gasteiger partial charge in [-0.3, -0.25) is 5.32 Å². The first-order chi connectivity index (χ1) is 21.0. The summed E-state index contributed by atoms with van der Waals surface area (Å²) in [5, 5.41) is 2.80. The first kappa shape index (κ1) is 33.2. The van der Waals surface area contributed by atoms with Gasteiger partial charge in [-0.25, -0.2) is 31.8 Å². The highest BCUT2D eigenvalue weighted by atomic mass is 35.5. The molecule has 1 aliphatic heterocycles. The Kier molecular flexibility index (Phi) is 11.6. The maximum absolute atomic E-state index is 13.0. The van der Waals surface area contributed by atoms with Crippen LogP contribution in [0.5, 0.6) is 11.5 Å². The summed E-state index contributed by atoms with van der Waals surface area (Å²) in [6, 6.07) is 14.8. The number of aromatic nitrogens is 1. The molecule has 0 bridgehead atoms. The molecule has 1 aromatic heterocycles. The molecule has 44 heavy (non-hydrogen) atoms. The van der Waals surface area contributed by atoms with Crippen molar-refractivity contribution in [1.82, 2.24) is 14.8 Å². The molecule has 1 amide bonds. The lowest BCUT2D eigenvalue weighted by Gasteiger charge is -2.32. The van der Waals surface area contributed by atoms with E-state index >= 15 is 0 Å². The Labute approximate surface area is 262 Å². The molecule has 3 aromatic carbocycles. The second-order valence-corrected chi connectivity index (χ2v) is 13.2. The molecule has 15 heteroatoms. The van der Waals surface area contributed by atoms with Gasteiger partial charge in [0.05, 0.1) is 20.9 Å². The Balaban J connectivity index is 0.000000339. The minimum Gasteiger partial charge on any atom is -0.414 e. The van der Waals surface area contributed by atoms with Crippen molar-refractivity contribution < 1.29 is 36.3 Å². The number of likely N-dealkylation sites (N-methyl/N-ethyl adjacent to an activating group) is 1. The van der Waals surface area contributed by atoms with Crippen LogP contribution in [0, 0.1) is 11.6 Å². The molecule has 2 heterocycles. The van der Waals surface area contributed by atoms with E-state index in [1.54, 1.807) is 18.2 Å². The average Bonchev–Trinajstić information content (AvgIpc) is 3.38. The monoisotopic (exact) mass is 666 g/mol. The number of sulfone groups is 1. The average molecular weight is 667 g/mol. The number of piperazine rings is 1. The third-order valence-electron chi connectivity index (χ3n) is 6.45. The zero-order valence-corrected chi connectivity index (χ0v) is 25.9. The second-order valence-electron chi connectivity index (χ2n) is 9.73. The molecule has 1 aliphatic rings. The molecular weight excluding hydrogens is 638 g/mol. The van der Waals surface area contributed by atoms with Crippen LogP contribution in [0.1, 0.15) is 6.42 Å². The molecule has 1 fully saturated rings. The van der Waals surface area contributed by atoms with Crippen molar-refractivity contribution in [2.45, 2.75) is 11.3 Å². The van der Waals surface area contributed by atoms with Gasteiger partial charge in [-0.2, -0.15) is 0 Å². The van der Waals surface area contributed by atoms with Gasteiger partial charge in [-0.05, 0) is 86.7 Å². The summed E-state index contributed by atoms with van der Waals surface area (Å²) in [6.07, 6.45) is -0.188. The summed E-state index contributed by atoms with van der Waals surface area (Å²) < 4.78 is 61.0. The van der Waals surface area contributed by atoms with Gasteiger partial charge < -0.3 is 19.3 Å². The van der Waals surface area contributed by atoms with Crippen molar-refractivity contribution in [3.8, 4) is 11.5 Å². The van der Waals surface area contributed by atoms with Crippen molar-refractivity contribution in [3.63, 3.8) is 0 Å². The summed E-state index contributed by atoms with van der Waals surface area (Å²) in [7, 11) is -1.33. The minimum atomic E-state index is -3.42. The minimum absolute atomic E-state index is 0.0821. The summed E-state index contributed by atoms with van der Waals surface area (Å²) in [5.74, 6) is -0.316. The number of carbonyl (C=O) groups excluding carboxylic acids is 2. The number of amides is 1. The van der Waals surface area contributed by atoms with Crippen molar-refractivity contribution in [1.29, 1.82) is 0 Å². The van der Waals surface area contributed by atoms with E-state index in [-0.39, 0.29) is 33.1 Å². The summed E-state index contributed by atoms with van der Waals surface area (Å²) in [5.41, 5.74) is -0.356. The maximum atomic E-state index is 13.0. The van der Waals surface area contributed by atoms with Crippen LogP contribution in [-0.4, -0.2) is 80.2 Å². The molecule has 0 radical (unpaired) electrons. The number of halogens is 3. The van der Waals surface area contributed by atoms with E-state index in [1.165, 1.54) is 48.5 Å². The molecule has 0 atom stereocenters. The van der Waals surface area contributed by atoms with Gasteiger partial charge in [0, 0.05) is 37.8 Å². The number of thiazole rings is 1. The van der Waals surface area contributed by atoms with Crippen LogP contribution in [-0.2, 0) is 9.84 Å². The van der Waals surface area contributed by atoms with Crippen LogP contribution in [0.2, 0.25) is 0 Å². The second kappa shape index (κ2) is 15.3. The Morgan fingerprint density at radius 1 is 0.932 bits per heavy atom. The molecule has 0 aliphatic carbocycles. The Hall–Kier alpha value is -3.69. The van der Waals surface area contributed by atoms with Crippen LogP contribution in [0.4, 0.5) is 23.5 Å². The predicted molar refractivity (Wildman–Crippen MR) is 165 cm³/mol. The smallest absolute Gasteiger partial charge is 0.414 e. The quantitative estimate of drug-likeness (QED) is 0.225. The van der Waals surface area contributed by atoms with Gasteiger partial charge >= 0.3 is 11.5 Å². The number of nitrogens with one attached hydrogen (secondary N) is 1. The normalized spacial score (nSPS) is 14.0. The molecule has 5 rings (SSSR count). The van der Waals surface area contributed by atoms with E-state index in [4.69, 9.17) is 16.3 Å². The third kappa shape index (κ3) is 10.2. The lowest BCUT2D eigenvalue weighted by atomic mass is 10.3. The number of anilines is 1. The molecular formula is C29H29ClF2N4O6S2. The Morgan fingerprint density at radius 2 is 1.52 bits per heavy atom. The van der Waals surface area contributed by atoms with Gasteiger partial charge in [0.15, 0.2) is 15.0 Å². The van der Waals surface area contributed by atoms with Crippen LogP contribution >= 0.6 is 22.9 Å². The topological polar surface area (TPSA) is 118 Å². The molecule has 234 valence electrons. The lowest BCUT2D eigenvalue weighted by molar-refractivity contribution is 0.154. The van der Waals surface area contributed by atoms with Gasteiger partial charge in [0.2, 0.25) is 0 Å². The summed E-state index contributed by atoms with van der Waals surface area (Å²) in [4.78, 5) is 31.3. The number of rotatable bonds is 8. The van der Waals surface area contributed by atoms with E-state index in [1.807, 2.05) is 0 Å². The molecule has 0 spiro atoms. The van der Waals surface area contributed by atoms with E-state index in [0.29, 0.717) is 16.6 Å². The van der Waals surface area contributed by atoms with Crippen LogP contribution in [0.15, 0.2) is 71.6 Å². The molecule has 0 saturated carbocycles. The van der Waals surface area contributed by atoms with Crippen LogP contribution < -0.4 is 14.8 Å². The zero-order valence-electron chi connectivity index (χ0n) is 23.5. The fourth-order valence-electron chi connectivity index (χ4n) is 4.14. The highest BCUT2D eigenvalue weighted by Crippen LogP contribution is 2.29. The largest absolute Gasteiger partial charge is 0.418 e. The van der Waals surface area contributed by atoms with Crippen LogP contribution in [0.25, 0.3) is 10.2 Å². The number of ether oxygens (including phenoxy) is 2. The van der Waals surface area contributed by atoms with Crippen LogP contribution in [0.3, 0.4) is 0 Å². The third-order valence-corrected chi connectivity index (χ3v) is 9.26. The van der Waals surface area contributed by atoms with Crippen molar-refractivity contribution in [3.05, 3.63) is 78.4 Å². The van der Waals surface area contributed by atoms with Gasteiger partial charge in [0.25, 0.3) is 0 Å². The lowest BCUT2D eigenvalue weighted by Crippen LogP contribution is -2.44. The number of hydrogen-bond donors (Lipinski definition) is 1. The standard InChI is InChI=1S/C22H25FN4O4S2.C7H4ClFO2/c1-26-10-12-27(13-11-26)9-2-14-33(29,30)18-7-8-19-20(15-18)32-21(24-19)25-22(28)31-17-5-3-16(23)4-6-17;8-7(10)11-6-3-1-5(9)2-4-6/h3-8,15H,2,9-14H2,1H3,(H,24,25,28);1-4H. The van der Waals surface area contributed by atoms with Crippen molar-refractivity contribution in [2.75, 3.05) is 50.8 Å². The highest BCUT2D eigenvalue weighted by Gasteiger charge is 2.19. The van der Waals surface area contributed by atoms with Gasteiger partial charge in [-0.1, -0.05) is 11.3 Å².